The lowest BCUT2D eigenvalue weighted by Crippen LogP contribution is -2.60. The molecule has 1 aliphatic carbocycles. The summed E-state index contributed by atoms with van der Waals surface area (Å²) in [5, 5.41) is 0. The van der Waals surface area contributed by atoms with E-state index < -0.39 is 5.60 Å². The van der Waals surface area contributed by atoms with E-state index in [4.69, 9.17) is 9.47 Å². The lowest BCUT2D eigenvalue weighted by Gasteiger charge is -2.53. The van der Waals surface area contributed by atoms with Crippen molar-refractivity contribution in [2.45, 2.75) is 58.7 Å². The first-order valence-electron chi connectivity index (χ1n) is 8.13. The molecule has 3 rings (SSSR count). The first-order valence-corrected chi connectivity index (χ1v) is 8.13. The van der Waals surface area contributed by atoms with Crippen LogP contribution in [0.15, 0.2) is 11.8 Å². The molecular weight excluding hydrogens is 266 g/mol. The summed E-state index contributed by atoms with van der Waals surface area (Å²) >= 11 is 0. The Labute approximate surface area is 128 Å². The number of hydrogen-bond donors (Lipinski definition) is 0. The molecule has 0 unspecified atom stereocenters. The number of rotatable bonds is 6. The molecule has 0 aromatic rings. The normalized spacial score (nSPS) is 33.0. The smallest absolute Gasteiger partial charge is 0.193 e. The van der Waals surface area contributed by atoms with Gasteiger partial charge in [0, 0.05) is 18.0 Å². The maximum absolute atomic E-state index is 12.6. The molecule has 3 aliphatic rings. The van der Waals surface area contributed by atoms with Crippen LogP contribution in [0, 0.1) is 5.92 Å². The third kappa shape index (κ3) is 3.16. The Morgan fingerprint density at radius 2 is 2.00 bits per heavy atom. The Balaban J connectivity index is 2.02. The summed E-state index contributed by atoms with van der Waals surface area (Å²) in [7, 11) is 0. The number of Topliss-reactive ketones (excluding diaryl/α,β-unsaturated/α-hetero) is 1. The van der Waals surface area contributed by atoms with E-state index in [1.54, 1.807) is 6.26 Å². The average molecular weight is 295 g/mol. The largest absolute Gasteiger partial charge is 0.499 e. The molecule has 0 radical (unpaired) electrons. The van der Waals surface area contributed by atoms with Crippen LogP contribution in [-0.4, -0.2) is 48.1 Å². The zero-order chi connectivity index (χ0) is 15.7. The Morgan fingerprint density at radius 1 is 1.33 bits per heavy atom. The third-order valence-electron chi connectivity index (χ3n) is 4.99. The molecule has 0 N–H and O–H groups in total. The Morgan fingerprint density at radius 3 is 2.57 bits per heavy atom. The molecule has 0 amide bonds. The molecule has 2 atom stereocenters. The van der Waals surface area contributed by atoms with Crippen LogP contribution in [0.25, 0.3) is 0 Å². The van der Waals surface area contributed by atoms with Gasteiger partial charge < -0.3 is 14.4 Å². The summed E-state index contributed by atoms with van der Waals surface area (Å²) in [6.45, 7) is 13.9. The number of hydrogen-bond acceptors (Lipinski definition) is 4. The molecule has 1 saturated carbocycles. The summed E-state index contributed by atoms with van der Waals surface area (Å²) in [6.07, 6.45) is 3.52. The van der Waals surface area contributed by atoms with Crippen molar-refractivity contribution in [2.75, 3.05) is 26.2 Å². The van der Waals surface area contributed by atoms with E-state index in [2.05, 4.69) is 32.6 Å². The van der Waals surface area contributed by atoms with Gasteiger partial charge in [-0.25, -0.2) is 0 Å². The number of ketones is 1. The van der Waals surface area contributed by atoms with Crippen molar-refractivity contribution in [1.29, 1.82) is 0 Å². The fraction of sp³-hybridized carbons (Fsp3) is 0.824. The van der Waals surface area contributed by atoms with Crippen molar-refractivity contribution < 1.29 is 14.3 Å². The van der Waals surface area contributed by atoms with Crippen molar-refractivity contribution in [1.82, 2.24) is 4.90 Å². The van der Waals surface area contributed by atoms with Gasteiger partial charge in [0.15, 0.2) is 5.78 Å². The highest BCUT2D eigenvalue weighted by Crippen LogP contribution is 2.50. The SMILES string of the molecule is CCN(CC)CCO/C=C1\C(=O)[C@]2(C)CC[C@H]1C(C)(C)O2. The number of nitrogens with zero attached hydrogens (tertiary/aromatic N) is 1. The van der Waals surface area contributed by atoms with Gasteiger partial charge in [0.1, 0.15) is 5.60 Å². The van der Waals surface area contributed by atoms with E-state index in [0.29, 0.717) is 6.61 Å². The van der Waals surface area contributed by atoms with E-state index in [0.717, 1.165) is 38.0 Å². The van der Waals surface area contributed by atoms with Gasteiger partial charge in [-0.15, -0.1) is 0 Å². The highest BCUT2D eigenvalue weighted by atomic mass is 16.5. The molecule has 0 spiro atoms. The van der Waals surface area contributed by atoms with Gasteiger partial charge >= 0.3 is 0 Å². The molecule has 2 bridgehead atoms. The van der Waals surface area contributed by atoms with Crippen molar-refractivity contribution in [3.63, 3.8) is 0 Å². The molecule has 120 valence electrons. The minimum atomic E-state index is -0.660. The van der Waals surface area contributed by atoms with Crippen LogP contribution in [0.2, 0.25) is 0 Å². The molecule has 4 nitrogen and oxygen atoms in total. The van der Waals surface area contributed by atoms with Crippen LogP contribution in [0.4, 0.5) is 0 Å². The van der Waals surface area contributed by atoms with Crippen LogP contribution >= 0.6 is 0 Å². The second-order valence-electron chi connectivity index (χ2n) is 6.83. The molecule has 2 saturated heterocycles. The minimum absolute atomic E-state index is 0.112. The molecular formula is C17H29NO3. The maximum atomic E-state index is 12.6. The maximum Gasteiger partial charge on any atom is 0.193 e. The fourth-order valence-corrected chi connectivity index (χ4v) is 3.63. The number of fused-ring (bicyclic) bond motifs is 3. The predicted molar refractivity (Wildman–Crippen MR) is 83.1 cm³/mol. The summed E-state index contributed by atoms with van der Waals surface area (Å²) in [4.78, 5) is 14.9. The fourth-order valence-electron chi connectivity index (χ4n) is 3.63. The van der Waals surface area contributed by atoms with E-state index in [-0.39, 0.29) is 17.3 Å². The predicted octanol–water partition coefficient (Wildman–Crippen LogP) is 2.78. The summed E-state index contributed by atoms with van der Waals surface area (Å²) < 4.78 is 11.7. The average Bonchev–Trinajstić information content (AvgIpc) is 2.41. The summed E-state index contributed by atoms with van der Waals surface area (Å²) in [5.41, 5.74) is -0.124. The van der Waals surface area contributed by atoms with Crippen molar-refractivity contribution in [2.24, 2.45) is 5.92 Å². The molecule has 3 fully saturated rings. The molecule has 21 heavy (non-hydrogen) atoms. The molecule has 2 aliphatic heterocycles. The molecule has 2 heterocycles. The van der Waals surface area contributed by atoms with Gasteiger partial charge in [-0.05, 0) is 46.7 Å². The number of ether oxygens (including phenoxy) is 2. The number of carbonyl (C=O) groups is 1. The van der Waals surface area contributed by atoms with Gasteiger partial charge in [0.25, 0.3) is 0 Å². The summed E-state index contributed by atoms with van der Waals surface area (Å²) in [5.74, 6) is 0.265. The standard InChI is InChI=1S/C17H29NO3/c1-6-18(7-2)10-11-20-12-13-14-8-9-17(5,15(13)19)21-16(14,3)4/h12,14H,6-11H2,1-5H3/b13-12-/t14-,17+/m1/s1. The van der Waals surface area contributed by atoms with Gasteiger partial charge in [-0.1, -0.05) is 13.8 Å². The van der Waals surface area contributed by atoms with Crippen molar-refractivity contribution >= 4 is 5.78 Å². The van der Waals surface area contributed by atoms with Crippen LogP contribution in [-0.2, 0) is 14.3 Å². The first kappa shape index (κ1) is 16.5. The lowest BCUT2D eigenvalue weighted by atomic mass is 9.65. The topological polar surface area (TPSA) is 38.8 Å². The molecule has 0 aromatic carbocycles. The number of likely N-dealkylation sites (N-methyl/N-ethyl adjacent to an activating group) is 1. The minimum Gasteiger partial charge on any atom is -0.499 e. The van der Waals surface area contributed by atoms with Crippen LogP contribution in [0.1, 0.15) is 47.5 Å². The first-order chi connectivity index (χ1) is 9.84. The summed E-state index contributed by atoms with van der Waals surface area (Å²) in [6, 6.07) is 0. The van der Waals surface area contributed by atoms with E-state index >= 15 is 0 Å². The Bertz CT molecular complexity index is 426. The second-order valence-corrected chi connectivity index (χ2v) is 6.83. The zero-order valence-corrected chi connectivity index (χ0v) is 14.1. The Kier molecular flexibility index (Phi) is 4.79. The van der Waals surface area contributed by atoms with Gasteiger partial charge in [0.05, 0.1) is 18.5 Å². The quantitative estimate of drug-likeness (QED) is 0.429. The highest BCUT2D eigenvalue weighted by Gasteiger charge is 2.56. The number of carbonyl (C=O) groups excluding carboxylic acids is 1. The van der Waals surface area contributed by atoms with E-state index in [1.165, 1.54) is 0 Å². The third-order valence-corrected chi connectivity index (χ3v) is 4.99. The van der Waals surface area contributed by atoms with Crippen molar-refractivity contribution in [3.05, 3.63) is 11.8 Å². The molecule has 4 heteroatoms. The van der Waals surface area contributed by atoms with Crippen LogP contribution < -0.4 is 0 Å². The van der Waals surface area contributed by atoms with Crippen LogP contribution in [0.5, 0.6) is 0 Å². The van der Waals surface area contributed by atoms with Gasteiger partial charge in [0.2, 0.25) is 0 Å². The molecule has 0 aromatic heterocycles. The Hall–Kier alpha value is -0.870. The van der Waals surface area contributed by atoms with Crippen molar-refractivity contribution in [3.8, 4) is 0 Å². The zero-order valence-electron chi connectivity index (χ0n) is 14.1. The monoisotopic (exact) mass is 295 g/mol. The lowest BCUT2D eigenvalue weighted by molar-refractivity contribution is -0.207. The van der Waals surface area contributed by atoms with E-state index in [9.17, 15) is 4.79 Å². The van der Waals surface area contributed by atoms with Gasteiger partial charge in [-0.3, -0.25) is 4.79 Å². The second kappa shape index (κ2) is 6.09. The van der Waals surface area contributed by atoms with Crippen LogP contribution in [0.3, 0.4) is 0 Å². The van der Waals surface area contributed by atoms with Gasteiger partial charge in [-0.2, -0.15) is 0 Å². The van der Waals surface area contributed by atoms with E-state index in [1.807, 2.05) is 6.92 Å². The highest BCUT2D eigenvalue weighted by molar-refractivity contribution is 6.03.